The van der Waals surface area contributed by atoms with E-state index in [-0.39, 0.29) is 0 Å². The highest BCUT2D eigenvalue weighted by molar-refractivity contribution is 7.99. The van der Waals surface area contributed by atoms with E-state index in [1.165, 1.54) is 16.0 Å². The Morgan fingerprint density at radius 3 is 2.29 bits per heavy atom. The van der Waals surface area contributed by atoms with Crippen LogP contribution in [0.2, 0.25) is 0 Å². The molecule has 1 heterocycles. The molecule has 1 aromatic heterocycles. The van der Waals surface area contributed by atoms with Gasteiger partial charge in [0.1, 0.15) is 0 Å². The molecule has 3 heteroatoms. The van der Waals surface area contributed by atoms with Crippen LogP contribution in [0, 0.1) is 20.8 Å². The maximum Gasteiger partial charge on any atom is 0.0815 e. The zero-order valence-electron chi connectivity index (χ0n) is 14.2. The van der Waals surface area contributed by atoms with Crippen molar-refractivity contribution in [2.24, 2.45) is 4.99 Å². The molecule has 0 saturated heterocycles. The Morgan fingerprint density at radius 2 is 1.54 bits per heavy atom. The maximum absolute atomic E-state index is 4.66. The molecule has 24 heavy (non-hydrogen) atoms. The predicted octanol–water partition coefficient (Wildman–Crippen LogP) is 5.91. The van der Waals surface area contributed by atoms with Crippen LogP contribution in [-0.2, 0) is 0 Å². The molecule has 0 atom stereocenters. The molecule has 120 valence electrons. The van der Waals surface area contributed by atoms with Gasteiger partial charge in [-0.05, 0) is 56.2 Å². The van der Waals surface area contributed by atoms with Gasteiger partial charge >= 0.3 is 0 Å². The average Bonchev–Trinajstić information content (AvgIpc) is 2.57. The number of pyridine rings is 1. The molecule has 0 fully saturated rings. The molecule has 0 spiro atoms. The molecule has 3 rings (SSSR count). The lowest BCUT2D eigenvalue weighted by molar-refractivity contribution is 1.18. The third-order valence-electron chi connectivity index (χ3n) is 3.73. The van der Waals surface area contributed by atoms with Crippen molar-refractivity contribution in [2.45, 2.75) is 30.6 Å². The van der Waals surface area contributed by atoms with E-state index >= 15 is 0 Å². The number of hydrogen-bond donors (Lipinski definition) is 0. The van der Waals surface area contributed by atoms with Crippen molar-refractivity contribution >= 4 is 23.7 Å². The minimum atomic E-state index is 0.877. The number of rotatable bonds is 4. The maximum atomic E-state index is 4.66. The third-order valence-corrected chi connectivity index (χ3v) is 5.15. The summed E-state index contributed by atoms with van der Waals surface area (Å²) in [5.74, 6) is 0. The van der Waals surface area contributed by atoms with Crippen LogP contribution in [0.4, 0.5) is 5.69 Å². The van der Waals surface area contributed by atoms with Crippen LogP contribution in [0.5, 0.6) is 0 Å². The summed E-state index contributed by atoms with van der Waals surface area (Å²) in [5.41, 5.74) is 5.42. The van der Waals surface area contributed by atoms with Gasteiger partial charge in [0.05, 0.1) is 17.6 Å². The molecule has 0 aliphatic carbocycles. The van der Waals surface area contributed by atoms with Gasteiger partial charge in [0, 0.05) is 15.5 Å². The smallest absolute Gasteiger partial charge is 0.0815 e. The number of aryl methyl sites for hydroxylation is 3. The molecule has 0 aliphatic rings. The van der Waals surface area contributed by atoms with E-state index in [4.69, 9.17) is 0 Å². The minimum Gasteiger partial charge on any atom is -0.253 e. The van der Waals surface area contributed by atoms with E-state index in [2.05, 4.69) is 54.2 Å². The first-order valence-corrected chi connectivity index (χ1v) is 8.76. The normalized spacial score (nSPS) is 11.1. The molecule has 0 unspecified atom stereocenters. The summed E-state index contributed by atoms with van der Waals surface area (Å²) in [5, 5.41) is 0. The molecular weight excluding hydrogens is 312 g/mol. The van der Waals surface area contributed by atoms with E-state index in [9.17, 15) is 0 Å². The summed E-state index contributed by atoms with van der Waals surface area (Å²) in [7, 11) is 0. The van der Waals surface area contributed by atoms with Crippen molar-refractivity contribution in [3.63, 3.8) is 0 Å². The zero-order chi connectivity index (χ0) is 16.9. The highest BCUT2D eigenvalue weighted by Gasteiger charge is 2.07. The monoisotopic (exact) mass is 332 g/mol. The van der Waals surface area contributed by atoms with Crippen LogP contribution in [0.3, 0.4) is 0 Å². The Morgan fingerprint density at radius 1 is 0.833 bits per heavy atom. The number of aliphatic imine (C=N–C) groups is 1. The molecule has 2 nitrogen and oxygen atoms in total. The van der Waals surface area contributed by atoms with Gasteiger partial charge in [-0.2, -0.15) is 0 Å². The van der Waals surface area contributed by atoms with Crippen LogP contribution >= 0.6 is 11.8 Å². The van der Waals surface area contributed by atoms with Crippen LogP contribution < -0.4 is 0 Å². The first-order chi connectivity index (χ1) is 11.6. The summed E-state index contributed by atoms with van der Waals surface area (Å²) in [6, 6.07) is 20.6. The van der Waals surface area contributed by atoms with Crippen molar-refractivity contribution in [1.29, 1.82) is 0 Å². The van der Waals surface area contributed by atoms with Gasteiger partial charge in [-0.3, -0.25) is 9.98 Å². The summed E-state index contributed by atoms with van der Waals surface area (Å²) < 4.78 is 0. The van der Waals surface area contributed by atoms with Crippen LogP contribution in [0.1, 0.15) is 22.5 Å². The highest BCUT2D eigenvalue weighted by Crippen LogP contribution is 2.38. The number of aromatic nitrogens is 1. The van der Waals surface area contributed by atoms with Crippen molar-refractivity contribution < 1.29 is 0 Å². The zero-order valence-corrected chi connectivity index (χ0v) is 15.0. The lowest BCUT2D eigenvalue weighted by Gasteiger charge is -2.10. The second kappa shape index (κ2) is 7.45. The van der Waals surface area contributed by atoms with Gasteiger partial charge < -0.3 is 0 Å². The molecule has 3 aromatic rings. The molecule has 0 saturated carbocycles. The standard InChI is InChI=1S/C21H20N2S/c1-15-8-6-9-16(2)21(15)24-20-13-5-4-12-19(20)22-14-18-11-7-10-17(3)23-18/h4-14H,1-3H3/b22-14+. The van der Waals surface area contributed by atoms with Gasteiger partial charge in [0.25, 0.3) is 0 Å². The molecule has 2 aromatic carbocycles. The van der Waals surface area contributed by atoms with Gasteiger partial charge in [-0.25, -0.2) is 0 Å². The second-order valence-corrected chi connectivity index (χ2v) is 6.80. The topological polar surface area (TPSA) is 25.2 Å². The number of hydrogen-bond acceptors (Lipinski definition) is 3. The Bertz CT molecular complexity index is 864. The molecule has 0 aliphatic heterocycles. The van der Waals surface area contributed by atoms with Crippen LogP contribution in [0.25, 0.3) is 0 Å². The first-order valence-electron chi connectivity index (χ1n) is 7.94. The van der Waals surface area contributed by atoms with Crippen molar-refractivity contribution in [2.75, 3.05) is 0 Å². The Kier molecular flexibility index (Phi) is 5.11. The SMILES string of the molecule is Cc1cccc(/C=N/c2ccccc2Sc2c(C)cccc2C)n1. The van der Waals surface area contributed by atoms with Crippen LogP contribution in [0.15, 0.2) is 75.4 Å². The molecular formula is C21H20N2S. The van der Waals surface area contributed by atoms with Gasteiger partial charge in [0.2, 0.25) is 0 Å². The van der Waals surface area contributed by atoms with Crippen molar-refractivity contribution in [1.82, 2.24) is 4.98 Å². The lowest BCUT2D eigenvalue weighted by Crippen LogP contribution is -1.89. The van der Waals surface area contributed by atoms with E-state index in [0.29, 0.717) is 0 Å². The quantitative estimate of drug-likeness (QED) is 0.555. The third kappa shape index (κ3) is 3.92. The number of para-hydroxylation sites is 1. The summed E-state index contributed by atoms with van der Waals surface area (Å²) in [6.07, 6.45) is 1.83. The van der Waals surface area contributed by atoms with Crippen LogP contribution in [-0.4, -0.2) is 11.2 Å². The van der Waals surface area contributed by atoms with E-state index in [1.807, 2.05) is 43.5 Å². The van der Waals surface area contributed by atoms with Gasteiger partial charge in [-0.15, -0.1) is 0 Å². The van der Waals surface area contributed by atoms with Gasteiger partial charge in [0.15, 0.2) is 0 Å². The molecule has 0 bridgehead atoms. The summed E-state index contributed by atoms with van der Waals surface area (Å²) in [4.78, 5) is 11.6. The summed E-state index contributed by atoms with van der Waals surface area (Å²) >= 11 is 1.77. The lowest BCUT2D eigenvalue weighted by atomic mass is 10.2. The van der Waals surface area contributed by atoms with Crippen molar-refractivity contribution in [3.8, 4) is 0 Å². The fourth-order valence-corrected chi connectivity index (χ4v) is 3.54. The second-order valence-electron chi connectivity index (χ2n) is 5.75. The highest BCUT2D eigenvalue weighted by atomic mass is 32.2. The summed E-state index contributed by atoms with van der Waals surface area (Å²) in [6.45, 7) is 6.29. The van der Waals surface area contributed by atoms with E-state index in [0.717, 1.165) is 22.0 Å². The fraction of sp³-hybridized carbons (Fsp3) is 0.143. The number of nitrogens with zero attached hydrogens (tertiary/aromatic N) is 2. The van der Waals surface area contributed by atoms with Gasteiger partial charge in [-0.1, -0.05) is 48.2 Å². The number of benzene rings is 2. The molecule has 0 amide bonds. The first kappa shape index (κ1) is 16.5. The molecule has 0 radical (unpaired) electrons. The fourth-order valence-electron chi connectivity index (χ4n) is 2.49. The van der Waals surface area contributed by atoms with E-state index < -0.39 is 0 Å². The largest absolute Gasteiger partial charge is 0.253 e. The van der Waals surface area contributed by atoms with E-state index in [1.54, 1.807) is 11.8 Å². The Labute approximate surface area is 147 Å². The van der Waals surface area contributed by atoms with Crippen molar-refractivity contribution in [3.05, 3.63) is 83.2 Å². The predicted molar refractivity (Wildman–Crippen MR) is 103 cm³/mol. The average molecular weight is 332 g/mol. The molecule has 0 N–H and O–H groups in total. The minimum absolute atomic E-state index is 0.877. The Balaban J connectivity index is 1.91. The Hall–Kier alpha value is -2.39.